The molecule has 0 aromatic heterocycles. The van der Waals surface area contributed by atoms with Gasteiger partial charge in [-0.25, -0.2) is 8.42 Å². The van der Waals surface area contributed by atoms with Gasteiger partial charge in [0, 0.05) is 30.6 Å². The molecule has 3 aromatic carbocycles. The second-order valence-corrected chi connectivity index (χ2v) is 8.10. The lowest BCUT2D eigenvalue weighted by molar-refractivity contribution is 0.602. The lowest BCUT2D eigenvalue weighted by Gasteiger charge is -2.17. The van der Waals surface area contributed by atoms with Crippen molar-refractivity contribution in [2.24, 2.45) is 0 Å². The van der Waals surface area contributed by atoms with Crippen molar-refractivity contribution in [1.82, 2.24) is 0 Å². The van der Waals surface area contributed by atoms with E-state index in [1.807, 2.05) is 69.2 Å². The zero-order chi connectivity index (χ0) is 18.2. The Balaban J connectivity index is 2.13. The van der Waals surface area contributed by atoms with Crippen molar-refractivity contribution in [3.05, 3.63) is 65.7 Å². The van der Waals surface area contributed by atoms with Gasteiger partial charge in [0.1, 0.15) is 0 Å². The molecule has 0 saturated heterocycles. The Morgan fingerprint density at radius 2 is 1.56 bits per heavy atom. The van der Waals surface area contributed by atoms with E-state index < -0.39 is 10.0 Å². The average molecular weight is 354 g/mol. The van der Waals surface area contributed by atoms with Gasteiger partial charge in [0.05, 0.1) is 10.6 Å². The van der Waals surface area contributed by atoms with Crippen LogP contribution in [0.1, 0.15) is 11.1 Å². The third-order valence-corrected chi connectivity index (χ3v) is 5.68. The molecule has 3 aromatic rings. The zero-order valence-electron chi connectivity index (χ0n) is 14.9. The first kappa shape index (κ1) is 17.3. The van der Waals surface area contributed by atoms with Crippen molar-refractivity contribution in [2.75, 3.05) is 23.7 Å². The summed E-state index contributed by atoms with van der Waals surface area (Å²) in [5.41, 5.74) is 3.59. The molecule has 4 nitrogen and oxygen atoms in total. The highest BCUT2D eigenvalue weighted by molar-refractivity contribution is 7.93. The molecular formula is C20H22N2O2S. The summed E-state index contributed by atoms with van der Waals surface area (Å²) in [6.07, 6.45) is 0. The van der Waals surface area contributed by atoms with Gasteiger partial charge < -0.3 is 4.90 Å². The first-order valence-electron chi connectivity index (χ1n) is 8.09. The molecule has 1 N–H and O–H groups in total. The fourth-order valence-corrected chi connectivity index (χ4v) is 4.37. The van der Waals surface area contributed by atoms with Gasteiger partial charge in [-0.15, -0.1) is 0 Å². The van der Waals surface area contributed by atoms with Crippen LogP contribution in [0, 0.1) is 13.8 Å². The first-order valence-corrected chi connectivity index (χ1v) is 9.57. The van der Waals surface area contributed by atoms with E-state index >= 15 is 0 Å². The highest BCUT2D eigenvalue weighted by Gasteiger charge is 2.19. The third-order valence-electron chi connectivity index (χ3n) is 4.26. The SMILES string of the molecule is Cc1ccc(NS(=O)(=O)c2cccc3c(N(C)C)cccc23)c(C)c1. The Kier molecular flexibility index (Phi) is 4.43. The summed E-state index contributed by atoms with van der Waals surface area (Å²) in [6, 6.07) is 16.8. The molecule has 0 aliphatic carbocycles. The number of anilines is 2. The summed E-state index contributed by atoms with van der Waals surface area (Å²) in [6.45, 7) is 3.89. The smallest absolute Gasteiger partial charge is 0.262 e. The number of rotatable bonds is 4. The molecule has 0 heterocycles. The molecule has 0 spiro atoms. The standard InChI is InChI=1S/C20H22N2O2S/c1-14-11-12-18(15(2)13-14)21-25(23,24)20-10-6-7-16-17(20)8-5-9-19(16)22(3)4/h5-13,21H,1-4H3. The van der Waals surface area contributed by atoms with E-state index in [1.165, 1.54) is 0 Å². The largest absolute Gasteiger partial charge is 0.377 e. The summed E-state index contributed by atoms with van der Waals surface area (Å²) in [7, 11) is 0.210. The van der Waals surface area contributed by atoms with Crippen LogP contribution in [-0.2, 0) is 10.0 Å². The molecule has 3 rings (SSSR count). The quantitative estimate of drug-likeness (QED) is 0.759. The van der Waals surface area contributed by atoms with Crippen LogP contribution in [-0.4, -0.2) is 22.5 Å². The Labute approximate surface area is 149 Å². The summed E-state index contributed by atoms with van der Waals surface area (Å²) < 4.78 is 28.7. The van der Waals surface area contributed by atoms with Crippen molar-refractivity contribution in [1.29, 1.82) is 0 Å². The molecule has 0 saturated carbocycles. The van der Waals surface area contributed by atoms with Crippen LogP contribution >= 0.6 is 0 Å². The van der Waals surface area contributed by atoms with Gasteiger partial charge >= 0.3 is 0 Å². The minimum Gasteiger partial charge on any atom is -0.377 e. The number of fused-ring (bicyclic) bond motifs is 1. The highest BCUT2D eigenvalue weighted by atomic mass is 32.2. The molecule has 5 heteroatoms. The number of hydrogen-bond acceptors (Lipinski definition) is 3. The lowest BCUT2D eigenvalue weighted by atomic mass is 10.1. The molecule has 0 amide bonds. The van der Waals surface area contributed by atoms with Gasteiger partial charge in [0.2, 0.25) is 0 Å². The molecular weight excluding hydrogens is 332 g/mol. The molecule has 25 heavy (non-hydrogen) atoms. The van der Waals surface area contributed by atoms with Crippen molar-refractivity contribution in [3.8, 4) is 0 Å². The van der Waals surface area contributed by atoms with Crippen LogP contribution in [0.25, 0.3) is 10.8 Å². The average Bonchev–Trinajstić information content (AvgIpc) is 2.56. The fraction of sp³-hybridized carbons (Fsp3) is 0.200. The first-order chi connectivity index (χ1) is 11.8. The van der Waals surface area contributed by atoms with Gasteiger partial charge in [-0.2, -0.15) is 0 Å². The number of nitrogens with zero attached hydrogens (tertiary/aromatic N) is 1. The Morgan fingerprint density at radius 1 is 0.880 bits per heavy atom. The Hall–Kier alpha value is -2.53. The van der Waals surface area contributed by atoms with Gasteiger partial charge in [0.15, 0.2) is 0 Å². The van der Waals surface area contributed by atoms with Crippen molar-refractivity contribution < 1.29 is 8.42 Å². The van der Waals surface area contributed by atoms with Crippen LogP contribution in [0.3, 0.4) is 0 Å². The summed E-state index contributed by atoms with van der Waals surface area (Å²) >= 11 is 0. The summed E-state index contributed by atoms with van der Waals surface area (Å²) in [4.78, 5) is 2.27. The Bertz CT molecular complexity index is 1040. The number of aryl methyl sites for hydroxylation is 2. The topological polar surface area (TPSA) is 49.4 Å². The van der Waals surface area contributed by atoms with Crippen LogP contribution < -0.4 is 9.62 Å². The number of sulfonamides is 1. The van der Waals surface area contributed by atoms with Crippen LogP contribution in [0.15, 0.2) is 59.5 Å². The molecule has 0 unspecified atom stereocenters. The number of nitrogens with one attached hydrogen (secondary N) is 1. The van der Waals surface area contributed by atoms with Gasteiger partial charge in [-0.3, -0.25) is 4.72 Å². The van der Waals surface area contributed by atoms with E-state index in [4.69, 9.17) is 0 Å². The minimum absolute atomic E-state index is 0.286. The van der Waals surface area contributed by atoms with E-state index in [1.54, 1.807) is 18.2 Å². The highest BCUT2D eigenvalue weighted by Crippen LogP contribution is 2.31. The zero-order valence-corrected chi connectivity index (χ0v) is 15.7. The maximum atomic E-state index is 13.0. The molecule has 0 aliphatic rings. The lowest BCUT2D eigenvalue weighted by Crippen LogP contribution is -2.15. The second kappa shape index (κ2) is 6.41. The van der Waals surface area contributed by atoms with Crippen LogP contribution in [0.4, 0.5) is 11.4 Å². The maximum absolute atomic E-state index is 13.0. The van der Waals surface area contributed by atoms with Gasteiger partial charge in [-0.05, 0) is 37.6 Å². The predicted molar refractivity (Wildman–Crippen MR) is 105 cm³/mol. The van der Waals surface area contributed by atoms with E-state index in [-0.39, 0.29) is 4.90 Å². The molecule has 0 radical (unpaired) electrons. The van der Waals surface area contributed by atoms with Gasteiger partial charge in [-0.1, -0.05) is 42.0 Å². The molecule has 0 aliphatic heterocycles. The monoisotopic (exact) mass is 354 g/mol. The molecule has 130 valence electrons. The maximum Gasteiger partial charge on any atom is 0.262 e. The number of hydrogen-bond donors (Lipinski definition) is 1. The van der Waals surface area contributed by atoms with E-state index in [2.05, 4.69) is 4.72 Å². The Morgan fingerprint density at radius 3 is 2.24 bits per heavy atom. The van der Waals surface area contributed by atoms with Gasteiger partial charge in [0.25, 0.3) is 10.0 Å². The molecule has 0 fully saturated rings. The minimum atomic E-state index is -3.69. The predicted octanol–water partition coefficient (Wildman–Crippen LogP) is 4.32. The van der Waals surface area contributed by atoms with Crippen LogP contribution in [0.2, 0.25) is 0 Å². The fourth-order valence-electron chi connectivity index (χ4n) is 3.02. The van der Waals surface area contributed by atoms with Crippen molar-refractivity contribution >= 4 is 32.2 Å². The number of benzene rings is 3. The van der Waals surface area contributed by atoms with E-state index in [0.717, 1.165) is 22.2 Å². The molecule has 0 bridgehead atoms. The van der Waals surface area contributed by atoms with Crippen LogP contribution in [0.5, 0.6) is 0 Å². The molecule has 0 atom stereocenters. The summed E-state index contributed by atoms with van der Waals surface area (Å²) in [5.74, 6) is 0. The van der Waals surface area contributed by atoms with E-state index in [0.29, 0.717) is 11.1 Å². The summed E-state index contributed by atoms with van der Waals surface area (Å²) in [5, 5.41) is 1.63. The third kappa shape index (κ3) is 3.33. The normalized spacial score (nSPS) is 11.5. The second-order valence-electron chi connectivity index (χ2n) is 6.45. The van der Waals surface area contributed by atoms with E-state index in [9.17, 15) is 8.42 Å². The van der Waals surface area contributed by atoms with Crippen molar-refractivity contribution in [2.45, 2.75) is 18.7 Å². The van der Waals surface area contributed by atoms with Crippen molar-refractivity contribution in [3.63, 3.8) is 0 Å².